The molecule has 0 atom stereocenters. The van der Waals surface area contributed by atoms with E-state index in [1.54, 1.807) is 7.11 Å². The molecule has 0 aliphatic carbocycles. The molecule has 0 saturated heterocycles. The number of ether oxygens (including phenoxy) is 1. The number of nitrogens with zero attached hydrogens (tertiary/aromatic N) is 4. The van der Waals surface area contributed by atoms with Crippen LogP contribution in [0.1, 0.15) is 0 Å². The molecule has 0 radical (unpaired) electrons. The number of benzene rings is 11. The van der Waals surface area contributed by atoms with E-state index in [0.29, 0.717) is 0 Å². The van der Waals surface area contributed by atoms with E-state index in [9.17, 15) is 0 Å². The van der Waals surface area contributed by atoms with E-state index in [1.807, 2.05) is 29.8 Å². The maximum Gasteiger partial charge on any atom is 0.143 e. The summed E-state index contributed by atoms with van der Waals surface area (Å²) in [6.45, 7) is 0. The standard InChI is InChI=1S/C70H42N4O2S/c1-75-48-25-22-45(23-26-48)73-60-33-31-55-54-30-32-59-65(68(54)74(47-24-29-53-52-15-5-7-19-63(52)77-64(53)40-47)69(55)66(60)58-28-20-42-10-2-3-13-49(42)67(58)73)57-27-21-43(41-34-36-71-37-35-41)39-61(57)72(59)46-12-8-11-44(38-46)50-16-9-17-56-51-14-4-6-18-62(51)76-70(50)56/h2-40H,1H3. The quantitative estimate of drug-likeness (QED) is 0.167. The van der Waals surface area contributed by atoms with Gasteiger partial charge in [0, 0.05) is 104 Å². The minimum Gasteiger partial charge on any atom is -0.497 e. The number of pyridine rings is 1. The van der Waals surface area contributed by atoms with E-state index in [2.05, 4.69) is 237 Å². The molecule has 7 heteroatoms. The lowest BCUT2D eigenvalue weighted by Gasteiger charge is -2.12. The molecule has 6 nitrogen and oxygen atoms in total. The van der Waals surface area contributed by atoms with Gasteiger partial charge in [-0.05, 0) is 113 Å². The molecule has 6 aromatic heterocycles. The van der Waals surface area contributed by atoms with Crippen LogP contribution in [0.5, 0.6) is 5.75 Å². The van der Waals surface area contributed by atoms with Crippen LogP contribution in [-0.4, -0.2) is 25.8 Å². The fraction of sp³-hybridized carbons (Fsp3) is 0.0143. The first kappa shape index (κ1) is 42.4. The van der Waals surface area contributed by atoms with Crippen LogP contribution in [0.2, 0.25) is 0 Å². The summed E-state index contributed by atoms with van der Waals surface area (Å²) in [5.41, 5.74) is 16.3. The molecule has 17 rings (SSSR count). The van der Waals surface area contributed by atoms with Crippen molar-refractivity contribution in [2.24, 2.45) is 0 Å². The molecule has 0 aliphatic heterocycles. The third-order valence-corrected chi connectivity index (χ3v) is 17.4. The van der Waals surface area contributed by atoms with Gasteiger partial charge >= 0.3 is 0 Å². The van der Waals surface area contributed by atoms with Gasteiger partial charge in [0.25, 0.3) is 0 Å². The van der Waals surface area contributed by atoms with Gasteiger partial charge in [0.2, 0.25) is 0 Å². The van der Waals surface area contributed by atoms with Crippen LogP contribution < -0.4 is 4.74 Å². The first-order valence-corrected chi connectivity index (χ1v) is 26.8. The summed E-state index contributed by atoms with van der Waals surface area (Å²) in [6, 6.07) is 82.2. The number of hydrogen-bond donors (Lipinski definition) is 0. The van der Waals surface area contributed by atoms with Gasteiger partial charge in [0.1, 0.15) is 16.9 Å². The molecular weight excluding hydrogens is 961 g/mol. The SMILES string of the molecule is COc1ccc(-n2c3ccc4c5ccc6c(c7ccc(-c8ccncc8)cc7n6-c6cccc(-c7cccc8c7oc7ccccc78)c6)c5n(-c5ccc6c(c5)sc5ccccc56)c4c3c3ccc4ccccc4c32)cc1. The summed E-state index contributed by atoms with van der Waals surface area (Å²) < 4.78 is 22.4. The molecule has 0 fully saturated rings. The summed E-state index contributed by atoms with van der Waals surface area (Å²) in [5.74, 6) is 0.824. The smallest absolute Gasteiger partial charge is 0.143 e. The summed E-state index contributed by atoms with van der Waals surface area (Å²) in [4.78, 5) is 4.39. The molecule has 6 heterocycles. The number of methoxy groups -OCH3 is 1. The Kier molecular flexibility index (Phi) is 8.83. The van der Waals surface area contributed by atoms with Gasteiger partial charge in [-0.15, -0.1) is 11.3 Å². The lowest BCUT2D eigenvalue weighted by atomic mass is 10.0. The van der Waals surface area contributed by atoms with Crippen molar-refractivity contribution in [3.05, 3.63) is 237 Å². The van der Waals surface area contributed by atoms with Crippen molar-refractivity contribution in [1.82, 2.24) is 18.7 Å². The Morgan fingerprint density at radius 1 is 0.390 bits per heavy atom. The van der Waals surface area contributed by atoms with E-state index in [-0.39, 0.29) is 0 Å². The molecule has 360 valence electrons. The maximum atomic E-state index is 6.64. The molecule has 77 heavy (non-hydrogen) atoms. The number of fused-ring (bicyclic) bond motifs is 19. The second kappa shape index (κ2) is 16.0. The van der Waals surface area contributed by atoms with Gasteiger partial charge in [-0.2, -0.15) is 0 Å². The fourth-order valence-corrected chi connectivity index (χ4v) is 14.0. The first-order chi connectivity index (χ1) is 38.1. The van der Waals surface area contributed by atoms with Crippen molar-refractivity contribution in [2.45, 2.75) is 0 Å². The molecule has 0 bridgehead atoms. The number of aromatic nitrogens is 4. The molecule has 17 aromatic rings. The number of furan rings is 1. The fourth-order valence-electron chi connectivity index (χ4n) is 12.9. The monoisotopic (exact) mass is 1000 g/mol. The summed E-state index contributed by atoms with van der Waals surface area (Å²) in [5, 5.41) is 14.3. The number of para-hydroxylation sites is 2. The van der Waals surface area contributed by atoms with Crippen molar-refractivity contribution in [2.75, 3.05) is 7.11 Å². The third-order valence-electron chi connectivity index (χ3n) is 16.2. The predicted octanol–water partition coefficient (Wildman–Crippen LogP) is 19.1. The van der Waals surface area contributed by atoms with Crippen LogP contribution >= 0.6 is 11.3 Å². The number of rotatable bonds is 6. The van der Waals surface area contributed by atoms with Crippen LogP contribution in [0.15, 0.2) is 241 Å². The molecule has 0 aliphatic rings. The zero-order valence-corrected chi connectivity index (χ0v) is 42.3. The van der Waals surface area contributed by atoms with Gasteiger partial charge in [0.15, 0.2) is 0 Å². The lowest BCUT2D eigenvalue weighted by molar-refractivity contribution is 0.415. The largest absolute Gasteiger partial charge is 0.497 e. The molecule has 0 amide bonds. The molecule has 0 N–H and O–H groups in total. The second-order valence-electron chi connectivity index (χ2n) is 20.2. The van der Waals surface area contributed by atoms with Crippen LogP contribution in [0, 0.1) is 0 Å². The number of thiophene rings is 1. The average molecular weight is 1000 g/mol. The number of hydrogen-bond acceptors (Lipinski definition) is 4. The third kappa shape index (κ3) is 6.03. The van der Waals surface area contributed by atoms with E-state index in [4.69, 9.17) is 9.15 Å². The van der Waals surface area contributed by atoms with Crippen LogP contribution in [0.25, 0.3) is 158 Å². The Labute approximate surface area is 444 Å². The summed E-state index contributed by atoms with van der Waals surface area (Å²) >= 11 is 1.86. The van der Waals surface area contributed by atoms with Gasteiger partial charge in [-0.1, -0.05) is 133 Å². The van der Waals surface area contributed by atoms with Gasteiger partial charge in [-0.3, -0.25) is 4.98 Å². The summed E-state index contributed by atoms with van der Waals surface area (Å²) in [7, 11) is 1.73. The molecule has 0 spiro atoms. The zero-order valence-electron chi connectivity index (χ0n) is 41.5. The lowest BCUT2D eigenvalue weighted by Crippen LogP contribution is -1.97. The topological polar surface area (TPSA) is 50.1 Å². The zero-order chi connectivity index (χ0) is 50.5. The Hall–Kier alpha value is -9.95. The van der Waals surface area contributed by atoms with Crippen molar-refractivity contribution in [3.63, 3.8) is 0 Å². The molecule has 0 saturated carbocycles. The van der Waals surface area contributed by atoms with Crippen LogP contribution in [-0.2, 0) is 0 Å². The molecular formula is C70H42N4O2S. The van der Waals surface area contributed by atoms with Crippen molar-refractivity contribution < 1.29 is 9.15 Å². The van der Waals surface area contributed by atoms with Crippen molar-refractivity contribution in [1.29, 1.82) is 0 Å². The van der Waals surface area contributed by atoms with Gasteiger partial charge in [-0.25, -0.2) is 0 Å². The Balaban J connectivity index is 1.03. The van der Waals surface area contributed by atoms with Crippen LogP contribution in [0.3, 0.4) is 0 Å². The van der Waals surface area contributed by atoms with Crippen molar-refractivity contribution in [3.8, 4) is 45.1 Å². The Morgan fingerprint density at radius 3 is 1.90 bits per heavy atom. The highest BCUT2D eigenvalue weighted by atomic mass is 32.1. The van der Waals surface area contributed by atoms with Gasteiger partial charge in [0.05, 0.1) is 40.2 Å². The Bertz CT molecular complexity index is 5330. The highest BCUT2D eigenvalue weighted by Gasteiger charge is 2.27. The van der Waals surface area contributed by atoms with Crippen molar-refractivity contribution >= 4 is 130 Å². The first-order valence-electron chi connectivity index (χ1n) is 26.0. The Morgan fingerprint density at radius 2 is 1.05 bits per heavy atom. The van der Waals surface area contributed by atoms with E-state index in [0.717, 1.165) is 83.6 Å². The average Bonchev–Trinajstić information content (AvgIpc) is 4.31. The summed E-state index contributed by atoms with van der Waals surface area (Å²) in [6.07, 6.45) is 3.75. The molecule has 0 unspecified atom stereocenters. The minimum absolute atomic E-state index is 0.824. The highest BCUT2D eigenvalue weighted by molar-refractivity contribution is 7.25. The predicted molar refractivity (Wildman–Crippen MR) is 322 cm³/mol. The normalized spacial score (nSPS) is 12.2. The van der Waals surface area contributed by atoms with E-state index < -0.39 is 0 Å². The van der Waals surface area contributed by atoms with Crippen LogP contribution in [0.4, 0.5) is 0 Å². The maximum absolute atomic E-state index is 6.64. The second-order valence-corrected chi connectivity index (χ2v) is 21.3. The van der Waals surface area contributed by atoms with E-state index in [1.165, 1.54) is 79.8 Å². The highest BCUT2D eigenvalue weighted by Crippen LogP contribution is 2.49. The van der Waals surface area contributed by atoms with E-state index >= 15 is 0 Å². The van der Waals surface area contributed by atoms with Gasteiger partial charge < -0.3 is 22.9 Å². The minimum atomic E-state index is 0.824. The molecule has 11 aromatic carbocycles.